The maximum atomic E-state index is 13.4. The van der Waals surface area contributed by atoms with Crippen molar-refractivity contribution < 1.29 is 20.1 Å². The van der Waals surface area contributed by atoms with E-state index in [0.29, 0.717) is 37.5 Å². The van der Waals surface area contributed by atoms with Gasteiger partial charge in [-0.3, -0.25) is 4.79 Å². The first-order chi connectivity index (χ1) is 14.8. The van der Waals surface area contributed by atoms with Crippen molar-refractivity contribution >= 4 is 5.78 Å². The van der Waals surface area contributed by atoms with Gasteiger partial charge in [0.1, 0.15) is 0 Å². The van der Waals surface area contributed by atoms with Crippen molar-refractivity contribution in [2.24, 2.45) is 34.5 Å². The molecule has 0 radical (unpaired) electrons. The van der Waals surface area contributed by atoms with Crippen LogP contribution in [0.1, 0.15) is 80.1 Å². The van der Waals surface area contributed by atoms with Crippen LogP contribution in [0.15, 0.2) is 35.5 Å². The van der Waals surface area contributed by atoms with E-state index in [1.807, 2.05) is 13.0 Å². The van der Waals surface area contributed by atoms with E-state index in [9.17, 15) is 20.1 Å². The molecule has 0 aromatic rings. The molecule has 2 fully saturated rings. The zero-order chi connectivity index (χ0) is 23.7. The maximum Gasteiger partial charge on any atom is 0.160 e. The number of carbonyl (C=O) groups is 1. The van der Waals surface area contributed by atoms with Crippen LogP contribution in [0, 0.1) is 34.5 Å². The van der Waals surface area contributed by atoms with E-state index in [1.165, 1.54) is 0 Å². The molecule has 4 nitrogen and oxygen atoms in total. The van der Waals surface area contributed by atoms with Crippen molar-refractivity contribution in [2.75, 3.05) is 0 Å². The number of hydrogen-bond acceptors (Lipinski definition) is 4. The van der Waals surface area contributed by atoms with Crippen molar-refractivity contribution in [1.82, 2.24) is 0 Å². The lowest BCUT2D eigenvalue weighted by molar-refractivity contribution is -0.198. The predicted molar refractivity (Wildman–Crippen MR) is 127 cm³/mol. The fourth-order valence-corrected chi connectivity index (χ4v) is 7.24. The molecule has 3 N–H and O–H groups in total. The molecule has 0 aliphatic heterocycles. The van der Waals surface area contributed by atoms with Crippen LogP contribution in [0.25, 0.3) is 0 Å². The Balaban J connectivity index is 1.76. The average molecular weight is 443 g/mol. The van der Waals surface area contributed by atoms with Gasteiger partial charge in [0.15, 0.2) is 5.78 Å². The van der Waals surface area contributed by atoms with E-state index >= 15 is 0 Å². The Kier molecular flexibility index (Phi) is 5.71. The summed E-state index contributed by atoms with van der Waals surface area (Å²) in [6, 6.07) is 0. The van der Waals surface area contributed by atoms with Gasteiger partial charge in [0, 0.05) is 29.2 Å². The van der Waals surface area contributed by atoms with Gasteiger partial charge < -0.3 is 15.3 Å². The van der Waals surface area contributed by atoms with Crippen molar-refractivity contribution in [3.05, 3.63) is 35.5 Å². The second-order valence-corrected chi connectivity index (χ2v) is 12.1. The van der Waals surface area contributed by atoms with Gasteiger partial charge in [0.25, 0.3) is 0 Å². The quantitative estimate of drug-likeness (QED) is 0.550. The fraction of sp³-hybridized carbons (Fsp3) is 0.750. The Labute approximate surface area is 193 Å². The number of aliphatic hydroxyl groups is 3. The summed E-state index contributed by atoms with van der Waals surface area (Å²) in [7, 11) is 0. The summed E-state index contributed by atoms with van der Waals surface area (Å²) in [5, 5.41) is 33.8. The number of fused-ring (bicyclic) bond motifs is 4. The molecular formula is C28H42O4. The van der Waals surface area contributed by atoms with E-state index in [2.05, 4.69) is 46.8 Å². The van der Waals surface area contributed by atoms with Crippen LogP contribution in [-0.2, 0) is 4.79 Å². The largest absolute Gasteiger partial charge is 0.393 e. The monoisotopic (exact) mass is 442 g/mol. The minimum atomic E-state index is -1.26. The first kappa shape index (κ1) is 23.9. The third-order valence-corrected chi connectivity index (χ3v) is 10.1. The van der Waals surface area contributed by atoms with Gasteiger partial charge >= 0.3 is 0 Å². The SMILES string of the molecule is CC(C)[C@@H](C)/C=C/[C@@H](C)[C@H]1CC(=O)C2=C3C=C[C@@]4(O)C[C@@H](O)CC[C@]4(C)[C@@]3(O)CC[C@@]21C. The molecule has 2 saturated carbocycles. The van der Waals surface area contributed by atoms with Crippen LogP contribution >= 0.6 is 0 Å². The van der Waals surface area contributed by atoms with Crippen molar-refractivity contribution in [1.29, 1.82) is 0 Å². The molecule has 0 heterocycles. The zero-order valence-corrected chi connectivity index (χ0v) is 20.7. The Morgan fingerprint density at radius 2 is 1.75 bits per heavy atom. The third kappa shape index (κ3) is 3.16. The van der Waals surface area contributed by atoms with Gasteiger partial charge in [0.05, 0.1) is 17.3 Å². The van der Waals surface area contributed by atoms with E-state index in [1.54, 1.807) is 6.08 Å². The number of allylic oxidation sites excluding steroid dienone is 3. The Bertz CT molecular complexity index is 884. The molecule has 0 bridgehead atoms. The summed E-state index contributed by atoms with van der Waals surface area (Å²) >= 11 is 0. The van der Waals surface area contributed by atoms with E-state index < -0.39 is 22.7 Å². The molecule has 0 unspecified atom stereocenters. The zero-order valence-electron chi connectivity index (χ0n) is 20.7. The van der Waals surface area contributed by atoms with Crippen molar-refractivity contribution in [3.63, 3.8) is 0 Å². The second kappa shape index (κ2) is 7.65. The van der Waals surface area contributed by atoms with E-state index in [4.69, 9.17) is 0 Å². The van der Waals surface area contributed by atoms with Crippen LogP contribution in [0.2, 0.25) is 0 Å². The first-order valence-corrected chi connectivity index (χ1v) is 12.6. The lowest BCUT2D eigenvalue weighted by atomic mass is 9.46. The maximum absolute atomic E-state index is 13.4. The fourth-order valence-electron chi connectivity index (χ4n) is 7.24. The highest BCUT2D eigenvalue weighted by Gasteiger charge is 2.67. The van der Waals surface area contributed by atoms with E-state index in [0.717, 1.165) is 17.6 Å². The molecule has 0 aromatic heterocycles. The molecule has 4 rings (SSSR count). The first-order valence-electron chi connectivity index (χ1n) is 12.6. The molecule has 178 valence electrons. The topological polar surface area (TPSA) is 77.8 Å². The molecule has 4 aliphatic carbocycles. The lowest BCUT2D eigenvalue weighted by Gasteiger charge is -2.61. The van der Waals surface area contributed by atoms with Crippen LogP contribution < -0.4 is 0 Å². The number of aliphatic hydroxyl groups excluding tert-OH is 1. The molecule has 0 saturated heterocycles. The summed E-state index contributed by atoms with van der Waals surface area (Å²) in [4.78, 5) is 13.4. The number of hydrogen-bond donors (Lipinski definition) is 3. The number of Topliss-reactive ketones (excluding diaryl/α,β-unsaturated/α-hetero) is 1. The van der Waals surface area contributed by atoms with Gasteiger partial charge in [0.2, 0.25) is 0 Å². The van der Waals surface area contributed by atoms with Crippen molar-refractivity contribution in [2.45, 2.75) is 97.4 Å². The highest BCUT2D eigenvalue weighted by Crippen LogP contribution is 2.65. The normalized spacial score (nSPS) is 45.8. The van der Waals surface area contributed by atoms with Gasteiger partial charge in [-0.2, -0.15) is 0 Å². The number of carbonyl (C=O) groups excluding carboxylic acids is 1. The third-order valence-electron chi connectivity index (χ3n) is 10.1. The summed E-state index contributed by atoms with van der Waals surface area (Å²) in [5.74, 6) is 1.73. The molecule has 32 heavy (non-hydrogen) atoms. The van der Waals surface area contributed by atoms with Crippen LogP contribution in [-0.4, -0.2) is 38.4 Å². The highest BCUT2D eigenvalue weighted by atomic mass is 16.3. The molecule has 0 aromatic carbocycles. The predicted octanol–water partition coefficient (Wildman–Crippen LogP) is 4.74. The number of rotatable bonds is 4. The summed E-state index contributed by atoms with van der Waals surface area (Å²) in [5.41, 5.74) is -2.07. The Morgan fingerprint density at radius 1 is 1.06 bits per heavy atom. The van der Waals surface area contributed by atoms with Gasteiger partial charge in [-0.1, -0.05) is 65.8 Å². The molecule has 0 amide bonds. The van der Waals surface area contributed by atoms with Crippen LogP contribution in [0.3, 0.4) is 0 Å². The Hall–Kier alpha value is -1.23. The minimum absolute atomic E-state index is 0.150. The number of ketones is 1. The smallest absolute Gasteiger partial charge is 0.160 e. The molecular weight excluding hydrogens is 400 g/mol. The summed E-state index contributed by atoms with van der Waals surface area (Å²) in [6.45, 7) is 13.1. The second-order valence-electron chi connectivity index (χ2n) is 12.1. The van der Waals surface area contributed by atoms with Gasteiger partial charge in [-0.25, -0.2) is 0 Å². The Morgan fingerprint density at radius 3 is 2.41 bits per heavy atom. The lowest BCUT2D eigenvalue weighted by Crippen LogP contribution is -2.66. The van der Waals surface area contributed by atoms with E-state index in [-0.39, 0.29) is 29.5 Å². The van der Waals surface area contributed by atoms with Gasteiger partial charge in [-0.05, 0) is 54.9 Å². The molecule has 8 atom stereocenters. The van der Waals surface area contributed by atoms with Crippen LogP contribution in [0.4, 0.5) is 0 Å². The highest BCUT2D eigenvalue weighted by molar-refractivity contribution is 6.01. The summed E-state index contributed by atoms with van der Waals surface area (Å²) < 4.78 is 0. The molecule has 4 aliphatic rings. The average Bonchev–Trinajstić information content (AvgIpc) is 2.99. The van der Waals surface area contributed by atoms with Crippen molar-refractivity contribution in [3.8, 4) is 0 Å². The standard InChI is InChI=1S/C28H42O4/c1-17(2)18(3)7-8-19(4)22-15-23(30)24-21-10-12-27(31)16-20(29)9-11-26(27,6)28(21,32)14-13-25(22,24)5/h7-8,10,12,17-20,22,29,31-32H,9,11,13-16H2,1-6H3/b8-7+/t18-,19+,20-,22+,25+,26-,27+,28+/m0/s1. The molecule has 4 heteroatoms. The molecule has 0 spiro atoms. The van der Waals surface area contributed by atoms with Crippen LogP contribution in [0.5, 0.6) is 0 Å². The summed E-state index contributed by atoms with van der Waals surface area (Å²) in [6.07, 6.45) is 10.7. The minimum Gasteiger partial charge on any atom is -0.393 e. The van der Waals surface area contributed by atoms with Gasteiger partial charge in [-0.15, -0.1) is 0 Å².